The summed E-state index contributed by atoms with van der Waals surface area (Å²) in [4.78, 5) is 43.6. The highest BCUT2D eigenvalue weighted by Gasteiger charge is 2.54. The van der Waals surface area contributed by atoms with Crippen LogP contribution in [0.2, 0.25) is 0 Å². The molecule has 0 radical (unpaired) electrons. The number of nitrogens with zero attached hydrogens (tertiary/aromatic N) is 2. The summed E-state index contributed by atoms with van der Waals surface area (Å²) in [5.41, 5.74) is 12.3. The van der Waals surface area contributed by atoms with Gasteiger partial charge in [-0.05, 0) is 18.6 Å². The van der Waals surface area contributed by atoms with E-state index in [1.165, 1.54) is 39.3 Å². The number of β-lactam (4-membered cyclic amide) rings is 1. The third-order valence-corrected chi connectivity index (χ3v) is 7.95. The third kappa shape index (κ3) is 3.31. The van der Waals surface area contributed by atoms with Crippen LogP contribution < -0.4 is 16.8 Å². The van der Waals surface area contributed by atoms with Crippen LogP contribution in [0.3, 0.4) is 0 Å². The zero-order valence-electron chi connectivity index (χ0n) is 15.1. The lowest BCUT2D eigenvalue weighted by Crippen LogP contribution is -2.71. The molecule has 0 bridgehead atoms. The van der Waals surface area contributed by atoms with Crippen molar-refractivity contribution in [1.82, 2.24) is 15.2 Å². The molecule has 29 heavy (non-hydrogen) atoms. The quantitative estimate of drug-likeness (QED) is 0.496. The standard InChI is InChI=1S/C17H17N5O4S3/c1-2-3-6-5-27-15-10(14(24)22(15)11(6)16(25)26)20-12(23)9(18)7-4-8-13(28-7)21-17(19)29-8/h2-4,9-10,15H,5,18H2,1H3,(H2,19,21)(H,20,23)(H,25,26)/b3-2+/t9-,10-,15-/m1/s1. The predicted molar refractivity (Wildman–Crippen MR) is 113 cm³/mol. The molecule has 2 aromatic rings. The average Bonchev–Trinajstić information content (AvgIpc) is 3.22. The van der Waals surface area contributed by atoms with Crippen molar-refractivity contribution in [3.8, 4) is 0 Å². The van der Waals surface area contributed by atoms with Crippen LogP contribution in [0, 0.1) is 0 Å². The molecule has 1 saturated heterocycles. The SMILES string of the molecule is C/C=C/C1=C(C(=O)O)N2C(=O)[C@@H](NC(=O)[C@H](N)c3cc4sc(N)nc4s3)[C@H]2SC1. The summed E-state index contributed by atoms with van der Waals surface area (Å²) in [6.07, 6.45) is 3.42. The minimum atomic E-state index is -1.16. The number of hydrogen-bond acceptors (Lipinski definition) is 9. The molecule has 152 valence electrons. The summed E-state index contributed by atoms with van der Waals surface area (Å²) in [6, 6.07) is 0.0120. The molecular formula is C17H17N5O4S3. The van der Waals surface area contributed by atoms with Crippen LogP contribution >= 0.6 is 34.4 Å². The van der Waals surface area contributed by atoms with Gasteiger partial charge in [-0.2, -0.15) is 0 Å². The number of fused-ring (bicyclic) bond motifs is 2. The maximum absolute atomic E-state index is 12.6. The van der Waals surface area contributed by atoms with E-state index in [0.29, 0.717) is 26.2 Å². The van der Waals surface area contributed by atoms with E-state index in [1.807, 2.05) is 0 Å². The van der Waals surface area contributed by atoms with E-state index in [9.17, 15) is 19.5 Å². The van der Waals surface area contributed by atoms with Crippen molar-refractivity contribution in [2.24, 2.45) is 5.73 Å². The second-order valence-corrected chi connectivity index (χ2v) is 9.65. The summed E-state index contributed by atoms with van der Waals surface area (Å²) in [7, 11) is 0. The van der Waals surface area contributed by atoms with Crippen molar-refractivity contribution in [3.05, 3.63) is 34.4 Å². The highest BCUT2D eigenvalue weighted by Crippen LogP contribution is 2.41. The Hall–Kier alpha value is -2.41. The number of amides is 2. The first-order valence-corrected chi connectivity index (χ1v) is 11.3. The second-order valence-electron chi connectivity index (χ2n) is 6.42. The van der Waals surface area contributed by atoms with E-state index in [1.54, 1.807) is 25.1 Å². The number of aromatic nitrogens is 1. The zero-order valence-corrected chi connectivity index (χ0v) is 17.6. The molecule has 4 heterocycles. The summed E-state index contributed by atoms with van der Waals surface area (Å²) in [5, 5.41) is 12.2. The van der Waals surface area contributed by atoms with Crippen molar-refractivity contribution in [3.63, 3.8) is 0 Å². The summed E-state index contributed by atoms with van der Waals surface area (Å²) < 4.78 is 0.854. The van der Waals surface area contributed by atoms with Crippen LogP contribution in [0.5, 0.6) is 0 Å². The maximum atomic E-state index is 12.6. The number of nitrogens with one attached hydrogen (secondary N) is 1. The normalized spacial score (nSPS) is 22.7. The number of carbonyl (C=O) groups is 3. The number of allylic oxidation sites excluding steroid dienone is 2. The Balaban J connectivity index is 1.49. The second kappa shape index (κ2) is 7.44. The fourth-order valence-electron chi connectivity index (χ4n) is 3.27. The number of carboxylic acids is 1. The molecule has 0 saturated carbocycles. The molecule has 12 heteroatoms. The van der Waals surface area contributed by atoms with Crippen LogP contribution in [-0.4, -0.2) is 49.9 Å². The number of hydrogen-bond donors (Lipinski definition) is 4. The van der Waals surface area contributed by atoms with Crippen molar-refractivity contribution in [1.29, 1.82) is 0 Å². The summed E-state index contributed by atoms with van der Waals surface area (Å²) in [6.45, 7) is 1.78. The van der Waals surface area contributed by atoms with Crippen LogP contribution in [0.1, 0.15) is 17.8 Å². The van der Waals surface area contributed by atoms with Crippen LogP contribution in [0.25, 0.3) is 9.53 Å². The number of nitrogens with two attached hydrogens (primary N) is 2. The van der Waals surface area contributed by atoms with Crippen LogP contribution in [-0.2, 0) is 14.4 Å². The monoisotopic (exact) mass is 451 g/mol. The Morgan fingerprint density at radius 3 is 2.86 bits per heavy atom. The lowest BCUT2D eigenvalue weighted by atomic mass is 10.0. The number of thiophene rings is 1. The van der Waals surface area contributed by atoms with Crippen molar-refractivity contribution in [2.45, 2.75) is 24.4 Å². The Kier molecular flexibility index (Phi) is 5.11. The molecule has 6 N–H and O–H groups in total. The summed E-state index contributed by atoms with van der Waals surface area (Å²) >= 11 is 4.00. The number of carboxylic acid groups (broad SMARTS) is 1. The Morgan fingerprint density at radius 2 is 2.21 bits per heavy atom. The van der Waals surface area contributed by atoms with E-state index < -0.39 is 35.2 Å². The first kappa shape index (κ1) is 19.9. The molecular weight excluding hydrogens is 434 g/mol. The summed E-state index contributed by atoms with van der Waals surface area (Å²) in [5.74, 6) is -1.68. The van der Waals surface area contributed by atoms with E-state index in [-0.39, 0.29) is 5.70 Å². The van der Waals surface area contributed by atoms with Gasteiger partial charge in [-0.1, -0.05) is 23.5 Å². The molecule has 0 aliphatic carbocycles. The van der Waals surface area contributed by atoms with Gasteiger partial charge in [0.05, 0.1) is 4.70 Å². The number of nitrogen functional groups attached to an aromatic ring is 1. The Labute approximate surface area is 177 Å². The first-order chi connectivity index (χ1) is 13.8. The first-order valence-electron chi connectivity index (χ1n) is 8.57. The lowest BCUT2D eigenvalue weighted by molar-refractivity contribution is -0.150. The smallest absolute Gasteiger partial charge is 0.352 e. The molecule has 4 rings (SSSR count). The third-order valence-electron chi connectivity index (χ3n) is 4.58. The minimum Gasteiger partial charge on any atom is -0.477 e. The number of anilines is 1. The molecule has 1 fully saturated rings. The highest BCUT2D eigenvalue weighted by molar-refractivity contribution is 8.00. The maximum Gasteiger partial charge on any atom is 0.352 e. The number of thiazole rings is 1. The van der Waals surface area contributed by atoms with Gasteiger partial charge in [0.2, 0.25) is 5.91 Å². The molecule has 2 aromatic heterocycles. The Morgan fingerprint density at radius 1 is 1.45 bits per heavy atom. The Bertz CT molecular complexity index is 1060. The van der Waals surface area contributed by atoms with Crippen molar-refractivity contribution < 1.29 is 19.5 Å². The van der Waals surface area contributed by atoms with Gasteiger partial charge in [0.25, 0.3) is 5.91 Å². The molecule has 2 aliphatic rings. The minimum absolute atomic E-state index is 0.0335. The topological polar surface area (TPSA) is 152 Å². The number of thioether (sulfide) groups is 1. The molecule has 3 atom stereocenters. The van der Waals surface area contributed by atoms with Crippen molar-refractivity contribution in [2.75, 3.05) is 11.5 Å². The van der Waals surface area contributed by atoms with Gasteiger partial charge in [0.1, 0.15) is 28.0 Å². The number of carbonyl (C=O) groups excluding carboxylic acids is 2. The van der Waals surface area contributed by atoms with E-state index in [0.717, 1.165) is 4.70 Å². The molecule has 0 spiro atoms. The van der Waals surface area contributed by atoms with E-state index in [2.05, 4.69) is 10.3 Å². The van der Waals surface area contributed by atoms with Gasteiger partial charge >= 0.3 is 5.97 Å². The van der Waals surface area contributed by atoms with Gasteiger partial charge in [-0.15, -0.1) is 23.1 Å². The fourth-order valence-corrected chi connectivity index (χ4v) is 6.59. The van der Waals surface area contributed by atoms with E-state index in [4.69, 9.17) is 11.5 Å². The zero-order chi connectivity index (χ0) is 20.9. The molecule has 0 aromatic carbocycles. The largest absolute Gasteiger partial charge is 0.477 e. The molecule has 2 amide bonds. The van der Waals surface area contributed by atoms with Gasteiger partial charge in [0, 0.05) is 10.6 Å². The fraction of sp³-hybridized carbons (Fsp3) is 0.294. The van der Waals surface area contributed by atoms with Crippen LogP contribution in [0.15, 0.2) is 29.5 Å². The molecule has 0 unspecified atom stereocenters. The van der Waals surface area contributed by atoms with Gasteiger partial charge in [-0.25, -0.2) is 9.78 Å². The van der Waals surface area contributed by atoms with Gasteiger partial charge in [0.15, 0.2) is 5.13 Å². The highest BCUT2D eigenvalue weighted by atomic mass is 32.2. The number of rotatable bonds is 5. The predicted octanol–water partition coefficient (Wildman–Crippen LogP) is 1.25. The molecule has 9 nitrogen and oxygen atoms in total. The lowest BCUT2D eigenvalue weighted by Gasteiger charge is -2.49. The van der Waals surface area contributed by atoms with Crippen molar-refractivity contribution >= 4 is 66.9 Å². The van der Waals surface area contributed by atoms with E-state index >= 15 is 0 Å². The molecule has 2 aliphatic heterocycles. The average molecular weight is 452 g/mol. The van der Waals surface area contributed by atoms with Gasteiger partial charge in [-0.3, -0.25) is 14.5 Å². The van der Waals surface area contributed by atoms with Crippen LogP contribution in [0.4, 0.5) is 5.13 Å². The van der Waals surface area contributed by atoms with Gasteiger partial charge < -0.3 is 21.9 Å². The number of aliphatic carboxylic acids is 1.